The Hall–Kier alpha value is -1.69. The van der Waals surface area contributed by atoms with Gasteiger partial charge >= 0.3 is 12.0 Å². The van der Waals surface area contributed by atoms with Crippen molar-refractivity contribution in [3.05, 3.63) is 35.9 Å². The number of carboxylic acids is 1. The van der Waals surface area contributed by atoms with Crippen LogP contribution in [0.3, 0.4) is 0 Å². The molecule has 0 aliphatic carbocycles. The standard InChI is InChI=1S/C14H18N2O3S/c1-10-9-16(7-8-20-10)14(19)15-12(13(17)18)11-5-3-2-4-6-11/h2-6,10,12H,7-9H2,1H3,(H,15,19)(H,17,18)/t10?,12-/m1/s1. The van der Waals surface area contributed by atoms with E-state index in [-0.39, 0.29) is 6.03 Å². The molecule has 1 heterocycles. The summed E-state index contributed by atoms with van der Waals surface area (Å²) in [4.78, 5) is 25.2. The summed E-state index contributed by atoms with van der Waals surface area (Å²) in [6.07, 6.45) is 0. The van der Waals surface area contributed by atoms with Crippen LogP contribution in [-0.4, -0.2) is 46.1 Å². The zero-order valence-electron chi connectivity index (χ0n) is 11.3. The quantitative estimate of drug-likeness (QED) is 0.894. The van der Waals surface area contributed by atoms with E-state index in [1.165, 1.54) is 0 Å². The molecule has 2 rings (SSSR count). The van der Waals surface area contributed by atoms with Crippen molar-refractivity contribution < 1.29 is 14.7 Å². The molecule has 1 aliphatic rings. The second-order valence-electron chi connectivity index (χ2n) is 4.76. The first-order valence-electron chi connectivity index (χ1n) is 6.52. The Bertz CT molecular complexity index is 481. The van der Waals surface area contributed by atoms with Crippen LogP contribution < -0.4 is 5.32 Å². The van der Waals surface area contributed by atoms with Crippen LogP contribution in [0.15, 0.2) is 30.3 Å². The number of benzene rings is 1. The number of amides is 2. The largest absolute Gasteiger partial charge is 0.479 e. The highest BCUT2D eigenvalue weighted by molar-refractivity contribution is 7.99. The fourth-order valence-corrected chi connectivity index (χ4v) is 3.16. The predicted molar refractivity (Wildman–Crippen MR) is 78.8 cm³/mol. The van der Waals surface area contributed by atoms with Crippen LogP contribution in [0.1, 0.15) is 18.5 Å². The molecule has 6 heteroatoms. The molecule has 2 atom stereocenters. The maximum Gasteiger partial charge on any atom is 0.330 e. The molecule has 1 saturated heterocycles. The van der Waals surface area contributed by atoms with Gasteiger partial charge < -0.3 is 15.3 Å². The lowest BCUT2D eigenvalue weighted by Crippen LogP contribution is -2.48. The molecule has 0 aromatic heterocycles. The van der Waals surface area contributed by atoms with E-state index < -0.39 is 12.0 Å². The summed E-state index contributed by atoms with van der Waals surface area (Å²) in [6.45, 7) is 3.37. The van der Waals surface area contributed by atoms with Gasteiger partial charge in [-0.25, -0.2) is 9.59 Å². The summed E-state index contributed by atoms with van der Waals surface area (Å²) in [5.74, 6) is -0.165. The second-order valence-corrected chi connectivity index (χ2v) is 6.31. The van der Waals surface area contributed by atoms with Gasteiger partial charge in [0.05, 0.1) is 0 Å². The molecule has 1 aromatic rings. The lowest BCUT2D eigenvalue weighted by atomic mass is 10.1. The van der Waals surface area contributed by atoms with Gasteiger partial charge in [0.15, 0.2) is 6.04 Å². The monoisotopic (exact) mass is 294 g/mol. The molecule has 0 spiro atoms. The lowest BCUT2D eigenvalue weighted by Gasteiger charge is -2.31. The van der Waals surface area contributed by atoms with E-state index in [1.807, 2.05) is 17.8 Å². The molecule has 0 saturated carbocycles. The fraction of sp³-hybridized carbons (Fsp3) is 0.429. The van der Waals surface area contributed by atoms with Crippen molar-refractivity contribution >= 4 is 23.8 Å². The number of rotatable bonds is 3. The van der Waals surface area contributed by atoms with Gasteiger partial charge in [-0.1, -0.05) is 37.3 Å². The van der Waals surface area contributed by atoms with Gasteiger partial charge in [-0.15, -0.1) is 0 Å². The van der Waals surface area contributed by atoms with Crippen LogP contribution in [0.5, 0.6) is 0 Å². The van der Waals surface area contributed by atoms with E-state index in [9.17, 15) is 14.7 Å². The number of nitrogens with zero attached hydrogens (tertiary/aromatic N) is 1. The third-order valence-electron chi connectivity index (χ3n) is 3.18. The Morgan fingerprint density at radius 3 is 2.70 bits per heavy atom. The molecular formula is C14H18N2O3S. The summed E-state index contributed by atoms with van der Waals surface area (Å²) in [5.41, 5.74) is 0.577. The molecule has 1 unspecified atom stereocenters. The van der Waals surface area contributed by atoms with Crippen molar-refractivity contribution in [2.45, 2.75) is 18.2 Å². The van der Waals surface area contributed by atoms with E-state index in [0.29, 0.717) is 23.9 Å². The highest BCUT2D eigenvalue weighted by Gasteiger charge is 2.27. The van der Waals surface area contributed by atoms with Gasteiger partial charge in [0.25, 0.3) is 0 Å². The molecule has 1 fully saturated rings. The van der Waals surface area contributed by atoms with Gasteiger partial charge in [0.1, 0.15) is 0 Å². The van der Waals surface area contributed by atoms with Crippen LogP contribution in [0.25, 0.3) is 0 Å². The number of carboxylic acid groups (broad SMARTS) is 1. The van der Waals surface area contributed by atoms with Gasteiger partial charge in [0, 0.05) is 24.1 Å². The molecule has 20 heavy (non-hydrogen) atoms. The maximum absolute atomic E-state index is 12.2. The predicted octanol–water partition coefficient (Wildman–Crippen LogP) is 1.96. The number of hydrogen-bond donors (Lipinski definition) is 2. The lowest BCUT2D eigenvalue weighted by molar-refractivity contribution is -0.139. The Kier molecular flexibility index (Phi) is 4.89. The summed E-state index contributed by atoms with van der Waals surface area (Å²) in [7, 11) is 0. The molecule has 0 bridgehead atoms. The number of thioether (sulfide) groups is 1. The zero-order chi connectivity index (χ0) is 14.5. The van der Waals surface area contributed by atoms with Gasteiger partial charge in [0.2, 0.25) is 0 Å². The minimum absolute atomic E-state index is 0.312. The average Bonchev–Trinajstić information content (AvgIpc) is 2.45. The van der Waals surface area contributed by atoms with E-state index in [1.54, 1.807) is 29.2 Å². The van der Waals surface area contributed by atoms with Gasteiger partial charge in [-0.05, 0) is 5.56 Å². The average molecular weight is 294 g/mol. The molecule has 108 valence electrons. The summed E-state index contributed by atoms with van der Waals surface area (Å²) in [6, 6.07) is 7.42. The Balaban J connectivity index is 2.05. The summed E-state index contributed by atoms with van der Waals surface area (Å²) < 4.78 is 0. The highest BCUT2D eigenvalue weighted by atomic mass is 32.2. The Labute approximate surface area is 122 Å². The number of carbonyl (C=O) groups excluding carboxylic acids is 1. The first-order valence-corrected chi connectivity index (χ1v) is 7.57. The molecule has 0 radical (unpaired) electrons. The third kappa shape index (κ3) is 3.66. The van der Waals surface area contributed by atoms with Crippen molar-refractivity contribution in [3.63, 3.8) is 0 Å². The number of nitrogens with one attached hydrogen (secondary N) is 1. The van der Waals surface area contributed by atoms with Crippen LogP contribution >= 0.6 is 11.8 Å². The van der Waals surface area contributed by atoms with E-state index in [2.05, 4.69) is 12.2 Å². The van der Waals surface area contributed by atoms with Gasteiger partial charge in [-0.2, -0.15) is 11.8 Å². The van der Waals surface area contributed by atoms with E-state index in [0.717, 1.165) is 5.75 Å². The summed E-state index contributed by atoms with van der Waals surface area (Å²) >= 11 is 1.82. The number of hydrogen-bond acceptors (Lipinski definition) is 3. The van der Waals surface area contributed by atoms with Crippen LogP contribution in [0.2, 0.25) is 0 Å². The molecule has 5 nitrogen and oxygen atoms in total. The first kappa shape index (κ1) is 14.7. The molecule has 2 N–H and O–H groups in total. The number of urea groups is 1. The highest BCUT2D eigenvalue weighted by Crippen LogP contribution is 2.19. The fourth-order valence-electron chi connectivity index (χ4n) is 2.15. The summed E-state index contributed by atoms with van der Waals surface area (Å²) in [5, 5.41) is 12.3. The van der Waals surface area contributed by atoms with Crippen molar-refractivity contribution in [2.24, 2.45) is 0 Å². The third-order valence-corrected chi connectivity index (χ3v) is 4.31. The minimum atomic E-state index is -1.05. The number of aliphatic carboxylic acids is 1. The first-order chi connectivity index (χ1) is 9.58. The van der Waals surface area contributed by atoms with Crippen LogP contribution in [0, 0.1) is 0 Å². The number of carbonyl (C=O) groups is 2. The smallest absolute Gasteiger partial charge is 0.330 e. The van der Waals surface area contributed by atoms with E-state index in [4.69, 9.17) is 0 Å². The Morgan fingerprint density at radius 2 is 2.10 bits per heavy atom. The molecule has 2 amide bonds. The van der Waals surface area contributed by atoms with Crippen molar-refractivity contribution in [3.8, 4) is 0 Å². The zero-order valence-corrected chi connectivity index (χ0v) is 12.1. The molecule has 1 aliphatic heterocycles. The SMILES string of the molecule is CC1CN(C(=O)N[C@@H](C(=O)O)c2ccccc2)CCS1. The molecular weight excluding hydrogens is 276 g/mol. The topological polar surface area (TPSA) is 69.6 Å². The van der Waals surface area contributed by atoms with E-state index >= 15 is 0 Å². The van der Waals surface area contributed by atoms with Crippen molar-refractivity contribution in [1.29, 1.82) is 0 Å². The second kappa shape index (κ2) is 6.65. The van der Waals surface area contributed by atoms with Crippen molar-refractivity contribution in [2.75, 3.05) is 18.8 Å². The van der Waals surface area contributed by atoms with Crippen LogP contribution in [0.4, 0.5) is 4.79 Å². The minimum Gasteiger partial charge on any atom is -0.479 e. The molecule has 1 aromatic carbocycles. The van der Waals surface area contributed by atoms with Crippen molar-refractivity contribution in [1.82, 2.24) is 10.2 Å². The Morgan fingerprint density at radius 1 is 1.40 bits per heavy atom. The normalized spacial score (nSPS) is 20.2. The van der Waals surface area contributed by atoms with Gasteiger partial charge in [-0.3, -0.25) is 0 Å². The maximum atomic E-state index is 12.2. The van der Waals surface area contributed by atoms with Crippen LogP contribution in [-0.2, 0) is 4.79 Å².